The van der Waals surface area contributed by atoms with Crippen LogP contribution in [0.25, 0.3) is 11.0 Å². The molecule has 0 aliphatic carbocycles. The van der Waals surface area contributed by atoms with Crippen molar-refractivity contribution in [1.29, 1.82) is 0 Å². The highest BCUT2D eigenvalue weighted by atomic mass is 16.5. The molecule has 1 aromatic heterocycles. The largest absolute Gasteiger partial charge is 0.503 e. The minimum atomic E-state index is -0.874. The fraction of sp³-hybridized carbons (Fsp3) is 0.273. The van der Waals surface area contributed by atoms with Gasteiger partial charge in [0.15, 0.2) is 22.9 Å². The molecule has 0 fully saturated rings. The fourth-order valence-corrected chi connectivity index (χ4v) is 4.98. The maximum Gasteiger partial charge on any atom is 0.294 e. The zero-order valence-corrected chi connectivity index (χ0v) is 23.5. The second-order valence-electron chi connectivity index (χ2n) is 11.2. The number of fused-ring (bicyclic) bond motifs is 1. The zero-order chi connectivity index (χ0) is 28.8. The van der Waals surface area contributed by atoms with E-state index >= 15 is 0 Å². The van der Waals surface area contributed by atoms with Gasteiger partial charge < -0.3 is 19.0 Å². The Morgan fingerprint density at radius 1 is 1.00 bits per heavy atom. The second kappa shape index (κ2) is 10.2. The van der Waals surface area contributed by atoms with Crippen LogP contribution in [0, 0.1) is 0 Å². The van der Waals surface area contributed by atoms with Gasteiger partial charge in [0.2, 0.25) is 5.78 Å². The topological polar surface area (TPSA) is 89.2 Å². The SMILES string of the molecule is COc1cccc2cc(C(=O)C3=C(O)C(=O)N(c4ccc(OC(C)C)cc4)C3c3ccc(C(C)(C)C)cc3)oc12. The van der Waals surface area contributed by atoms with Crippen molar-refractivity contribution in [3.63, 3.8) is 0 Å². The van der Waals surface area contributed by atoms with Gasteiger partial charge >= 0.3 is 0 Å². The number of Topliss-reactive ketones (excluding diaryl/α,β-unsaturated/α-hetero) is 1. The Bertz CT molecular complexity index is 1600. The molecule has 206 valence electrons. The average Bonchev–Trinajstić information content (AvgIpc) is 3.47. The van der Waals surface area contributed by atoms with Crippen LogP contribution < -0.4 is 14.4 Å². The number of ketones is 1. The number of amides is 1. The van der Waals surface area contributed by atoms with E-state index in [1.807, 2.05) is 44.2 Å². The number of benzene rings is 3. The van der Waals surface area contributed by atoms with E-state index in [2.05, 4.69) is 20.8 Å². The maximum absolute atomic E-state index is 14.0. The number of furan rings is 1. The van der Waals surface area contributed by atoms with E-state index in [0.29, 0.717) is 33.7 Å². The lowest BCUT2D eigenvalue weighted by molar-refractivity contribution is -0.117. The molecule has 0 saturated carbocycles. The summed E-state index contributed by atoms with van der Waals surface area (Å²) < 4.78 is 17.1. The van der Waals surface area contributed by atoms with Gasteiger partial charge in [0, 0.05) is 11.1 Å². The van der Waals surface area contributed by atoms with Crippen LogP contribution in [0.3, 0.4) is 0 Å². The molecule has 40 heavy (non-hydrogen) atoms. The van der Waals surface area contributed by atoms with Crippen LogP contribution in [-0.2, 0) is 10.2 Å². The first-order valence-electron chi connectivity index (χ1n) is 13.2. The Kier molecular flexibility index (Phi) is 6.92. The Morgan fingerprint density at radius 3 is 2.27 bits per heavy atom. The quantitative estimate of drug-likeness (QED) is 0.248. The molecule has 1 aliphatic heterocycles. The molecule has 5 rings (SSSR count). The van der Waals surface area contributed by atoms with Gasteiger partial charge in [-0.2, -0.15) is 0 Å². The van der Waals surface area contributed by atoms with E-state index in [9.17, 15) is 14.7 Å². The van der Waals surface area contributed by atoms with E-state index in [1.165, 1.54) is 12.0 Å². The van der Waals surface area contributed by atoms with Crippen LogP contribution in [-0.4, -0.2) is 30.0 Å². The Hall–Kier alpha value is -4.52. The molecule has 4 aromatic rings. The van der Waals surface area contributed by atoms with Crippen molar-refractivity contribution in [1.82, 2.24) is 0 Å². The Labute approximate surface area is 233 Å². The van der Waals surface area contributed by atoms with Gasteiger partial charge in [-0.25, -0.2) is 0 Å². The van der Waals surface area contributed by atoms with Crippen molar-refractivity contribution in [3.05, 3.63) is 101 Å². The van der Waals surface area contributed by atoms with Crippen molar-refractivity contribution in [2.24, 2.45) is 0 Å². The number of anilines is 1. The van der Waals surface area contributed by atoms with E-state index in [0.717, 1.165) is 5.56 Å². The van der Waals surface area contributed by atoms with Gasteiger partial charge in [-0.15, -0.1) is 0 Å². The Balaban J connectivity index is 1.62. The third-order valence-corrected chi connectivity index (χ3v) is 6.98. The molecule has 0 spiro atoms. The van der Waals surface area contributed by atoms with Gasteiger partial charge in [0.05, 0.1) is 24.8 Å². The van der Waals surface area contributed by atoms with E-state index in [4.69, 9.17) is 13.9 Å². The van der Waals surface area contributed by atoms with Crippen LogP contribution in [0.5, 0.6) is 11.5 Å². The lowest BCUT2D eigenvalue weighted by Crippen LogP contribution is -2.31. The standard InChI is InChI=1S/C33H33NO6/c1-19(2)39-24-16-14-23(15-17-24)34-28(20-10-12-22(13-11-20)33(3,4)5)27(30(36)32(34)37)29(35)26-18-21-8-7-9-25(38-6)31(21)40-26/h7-19,28,36H,1-6H3. The summed E-state index contributed by atoms with van der Waals surface area (Å²) in [5.74, 6) is -0.702. The molecular formula is C33H33NO6. The fourth-order valence-electron chi connectivity index (χ4n) is 4.98. The third kappa shape index (κ3) is 4.83. The van der Waals surface area contributed by atoms with Crippen LogP contribution in [0.15, 0.2) is 88.5 Å². The van der Waals surface area contributed by atoms with Gasteiger partial charge in [-0.1, -0.05) is 57.2 Å². The molecule has 1 unspecified atom stereocenters. The average molecular weight is 540 g/mol. The lowest BCUT2D eigenvalue weighted by atomic mass is 9.85. The normalized spacial score (nSPS) is 15.8. The van der Waals surface area contributed by atoms with Gasteiger partial charge in [-0.3, -0.25) is 14.5 Å². The van der Waals surface area contributed by atoms with Crippen LogP contribution in [0.4, 0.5) is 5.69 Å². The minimum Gasteiger partial charge on any atom is -0.503 e. The molecule has 1 amide bonds. The monoisotopic (exact) mass is 539 g/mol. The number of carbonyl (C=O) groups is 2. The summed E-state index contributed by atoms with van der Waals surface area (Å²) in [6, 6.07) is 20.9. The molecule has 2 heterocycles. The number of ether oxygens (including phenoxy) is 2. The molecule has 7 heteroatoms. The molecule has 0 radical (unpaired) electrons. The molecule has 1 atom stereocenters. The first-order chi connectivity index (χ1) is 19.0. The number of para-hydroxylation sites is 1. The summed E-state index contributed by atoms with van der Waals surface area (Å²) in [5.41, 5.74) is 2.60. The molecule has 0 bridgehead atoms. The third-order valence-electron chi connectivity index (χ3n) is 6.98. The van der Waals surface area contributed by atoms with Crippen LogP contribution in [0.2, 0.25) is 0 Å². The molecule has 0 saturated heterocycles. The highest BCUT2D eigenvalue weighted by molar-refractivity contribution is 6.20. The van der Waals surface area contributed by atoms with Crippen LogP contribution >= 0.6 is 0 Å². The maximum atomic E-state index is 14.0. The number of aliphatic hydroxyl groups excluding tert-OH is 1. The van der Waals surface area contributed by atoms with E-state index in [1.54, 1.807) is 42.5 Å². The van der Waals surface area contributed by atoms with Crippen molar-refractivity contribution in [3.8, 4) is 11.5 Å². The minimum absolute atomic E-state index is 0.00712. The molecule has 3 aromatic carbocycles. The van der Waals surface area contributed by atoms with Crippen molar-refractivity contribution in [2.45, 2.75) is 52.2 Å². The number of aliphatic hydroxyl groups is 1. The van der Waals surface area contributed by atoms with Crippen LogP contribution in [0.1, 0.15) is 62.3 Å². The highest BCUT2D eigenvalue weighted by Gasteiger charge is 2.45. The summed E-state index contributed by atoms with van der Waals surface area (Å²) in [6.45, 7) is 10.2. The Morgan fingerprint density at radius 2 is 1.68 bits per heavy atom. The number of hydrogen-bond acceptors (Lipinski definition) is 6. The second-order valence-corrected chi connectivity index (χ2v) is 11.2. The summed E-state index contributed by atoms with van der Waals surface area (Å²) >= 11 is 0. The van der Waals surface area contributed by atoms with Gasteiger partial charge in [0.1, 0.15) is 5.75 Å². The van der Waals surface area contributed by atoms with Gasteiger partial charge in [-0.05, 0) is 66.8 Å². The summed E-state index contributed by atoms with van der Waals surface area (Å²) in [6.07, 6.45) is -0.00860. The number of nitrogens with zero attached hydrogens (tertiary/aromatic N) is 1. The molecule has 7 nitrogen and oxygen atoms in total. The number of carbonyl (C=O) groups excluding carboxylic acids is 2. The predicted octanol–water partition coefficient (Wildman–Crippen LogP) is 7.31. The number of hydrogen-bond donors (Lipinski definition) is 1. The van der Waals surface area contributed by atoms with Gasteiger partial charge in [0.25, 0.3) is 5.91 Å². The predicted molar refractivity (Wildman–Crippen MR) is 154 cm³/mol. The highest BCUT2D eigenvalue weighted by Crippen LogP contribution is 2.43. The van der Waals surface area contributed by atoms with Crippen molar-refractivity contribution >= 4 is 28.3 Å². The zero-order valence-electron chi connectivity index (χ0n) is 23.5. The first-order valence-corrected chi connectivity index (χ1v) is 13.2. The smallest absolute Gasteiger partial charge is 0.294 e. The number of methoxy groups -OCH3 is 1. The number of rotatable bonds is 7. The molecule has 1 aliphatic rings. The lowest BCUT2D eigenvalue weighted by Gasteiger charge is -2.28. The first kappa shape index (κ1) is 27.1. The van der Waals surface area contributed by atoms with Crippen molar-refractivity contribution in [2.75, 3.05) is 12.0 Å². The van der Waals surface area contributed by atoms with Crippen molar-refractivity contribution < 1.29 is 28.6 Å². The summed E-state index contributed by atoms with van der Waals surface area (Å²) in [5, 5.41) is 11.8. The molecule has 1 N–H and O–H groups in total. The summed E-state index contributed by atoms with van der Waals surface area (Å²) in [4.78, 5) is 29.0. The molecular weight excluding hydrogens is 506 g/mol. The summed E-state index contributed by atoms with van der Waals surface area (Å²) in [7, 11) is 1.52. The van der Waals surface area contributed by atoms with E-state index in [-0.39, 0.29) is 22.9 Å². The van der Waals surface area contributed by atoms with E-state index < -0.39 is 23.5 Å².